The van der Waals surface area contributed by atoms with Crippen LogP contribution in [0.2, 0.25) is 0 Å². The normalized spacial score (nSPS) is 37.0. The highest BCUT2D eigenvalue weighted by Crippen LogP contribution is 2.64. The average molecular weight is 295 g/mol. The minimum absolute atomic E-state index is 0.164. The smallest absolute Gasteiger partial charge is 0.417 e. The molecule has 116 valence electrons. The number of hydrogen-bond acceptors (Lipinski definition) is 3. The molecular formula is C13H20F3NO3. The van der Waals surface area contributed by atoms with E-state index in [2.05, 4.69) is 5.32 Å². The van der Waals surface area contributed by atoms with Gasteiger partial charge in [-0.1, -0.05) is 0 Å². The molecule has 20 heavy (non-hydrogen) atoms. The lowest BCUT2D eigenvalue weighted by Gasteiger charge is -2.61. The molecule has 2 fully saturated rings. The van der Waals surface area contributed by atoms with Gasteiger partial charge in [0.25, 0.3) is 0 Å². The largest absolute Gasteiger partial charge is 0.444 e. The third-order valence-corrected chi connectivity index (χ3v) is 3.94. The molecule has 1 amide bonds. The highest BCUT2D eigenvalue weighted by Gasteiger charge is 2.69. The van der Waals surface area contributed by atoms with Crippen LogP contribution in [0.15, 0.2) is 0 Å². The van der Waals surface area contributed by atoms with Crippen LogP contribution in [0.4, 0.5) is 18.0 Å². The fourth-order valence-electron chi connectivity index (χ4n) is 3.24. The number of ether oxygens (including phenoxy) is 1. The van der Waals surface area contributed by atoms with Crippen LogP contribution in [0.3, 0.4) is 0 Å². The van der Waals surface area contributed by atoms with E-state index in [0.29, 0.717) is 12.8 Å². The zero-order valence-corrected chi connectivity index (χ0v) is 11.8. The molecule has 0 bridgehead atoms. The molecule has 0 aromatic carbocycles. The highest BCUT2D eigenvalue weighted by atomic mass is 19.4. The van der Waals surface area contributed by atoms with Crippen molar-refractivity contribution in [1.82, 2.24) is 5.32 Å². The molecule has 4 nitrogen and oxygen atoms in total. The topological polar surface area (TPSA) is 58.6 Å². The van der Waals surface area contributed by atoms with Gasteiger partial charge in [-0.05, 0) is 51.9 Å². The van der Waals surface area contributed by atoms with Crippen molar-refractivity contribution >= 4 is 6.09 Å². The monoisotopic (exact) mass is 295 g/mol. The van der Waals surface area contributed by atoms with Crippen molar-refractivity contribution in [3.05, 3.63) is 0 Å². The van der Waals surface area contributed by atoms with Gasteiger partial charge in [0.05, 0.1) is 0 Å². The van der Waals surface area contributed by atoms with Crippen molar-refractivity contribution in [2.75, 3.05) is 0 Å². The SMILES string of the molecule is CC(C)(C)OC(=O)NC1CC2(C1)CC(O)(C(F)(F)F)C2. The van der Waals surface area contributed by atoms with Crippen molar-refractivity contribution in [3.8, 4) is 0 Å². The van der Waals surface area contributed by atoms with E-state index in [4.69, 9.17) is 4.74 Å². The van der Waals surface area contributed by atoms with Gasteiger partial charge in [-0.3, -0.25) is 0 Å². The Kier molecular flexibility index (Phi) is 3.28. The molecular weight excluding hydrogens is 275 g/mol. The lowest BCUT2D eigenvalue weighted by atomic mass is 9.48. The van der Waals surface area contributed by atoms with Gasteiger partial charge in [0.2, 0.25) is 0 Å². The molecule has 2 rings (SSSR count). The van der Waals surface area contributed by atoms with Gasteiger partial charge in [-0.25, -0.2) is 4.79 Å². The van der Waals surface area contributed by atoms with Crippen LogP contribution in [0, 0.1) is 5.41 Å². The number of nitrogens with one attached hydrogen (secondary N) is 1. The Labute approximate surface area is 115 Å². The predicted octanol–water partition coefficient (Wildman–Crippen LogP) is 2.75. The van der Waals surface area contributed by atoms with Gasteiger partial charge in [0, 0.05) is 6.04 Å². The minimum Gasteiger partial charge on any atom is -0.444 e. The molecule has 0 saturated heterocycles. The van der Waals surface area contributed by atoms with E-state index in [1.807, 2.05) is 0 Å². The second-order valence-corrected chi connectivity index (χ2v) is 7.13. The maximum Gasteiger partial charge on any atom is 0.417 e. The molecule has 7 heteroatoms. The second-order valence-electron chi connectivity index (χ2n) is 7.13. The van der Waals surface area contributed by atoms with Crippen LogP contribution in [-0.4, -0.2) is 34.6 Å². The second kappa shape index (κ2) is 4.26. The first-order valence-electron chi connectivity index (χ1n) is 6.63. The Morgan fingerprint density at radius 1 is 1.25 bits per heavy atom. The lowest BCUT2D eigenvalue weighted by Crippen LogP contribution is -2.67. The summed E-state index contributed by atoms with van der Waals surface area (Å²) in [7, 11) is 0. The molecule has 1 spiro atoms. The quantitative estimate of drug-likeness (QED) is 0.782. The van der Waals surface area contributed by atoms with Gasteiger partial charge in [-0.2, -0.15) is 13.2 Å². The predicted molar refractivity (Wildman–Crippen MR) is 65.1 cm³/mol. The van der Waals surface area contributed by atoms with Crippen LogP contribution in [0.25, 0.3) is 0 Å². The number of aliphatic hydroxyl groups is 1. The molecule has 0 heterocycles. The number of alkyl halides is 3. The van der Waals surface area contributed by atoms with Gasteiger partial charge < -0.3 is 15.2 Å². The fraction of sp³-hybridized carbons (Fsp3) is 0.923. The van der Waals surface area contributed by atoms with Crippen LogP contribution in [0.5, 0.6) is 0 Å². The fourth-order valence-corrected chi connectivity index (χ4v) is 3.24. The summed E-state index contributed by atoms with van der Waals surface area (Å²) in [5.41, 5.74) is -3.60. The van der Waals surface area contributed by atoms with Gasteiger partial charge in [0.1, 0.15) is 5.60 Å². The Balaban J connectivity index is 1.76. The van der Waals surface area contributed by atoms with Gasteiger partial charge in [0.15, 0.2) is 5.60 Å². The summed E-state index contributed by atoms with van der Waals surface area (Å²) in [5.74, 6) is 0. The van der Waals surface area contributed by atoms with E-state index in [0.717, 1.165) is 0 Å². The molecule has 2 N–H and O–H groups in total. The minimum atomic E-state index is -4.57. The molecule has 0 radical (unpaired) electrons. The molecule has 2 aliphatic carbocycles. The average Bonchev–Trinajstić information content (AvgIpc) is 2.06. The number of carbonyl (C=O) groups excluding carboxylic acids is 1. The molecule has 2 aliphatic rings. The summed E-state index contributed by atoms with van der Waals surface area (Å²) >= 11 is 0. The third kappa shape index (κ3) is 2.87. The van der Waals surface area contributed by atoms with Crippen LogP contribution in [0.1, 0.15) is 46.5 Å². The summed E-state index contributed by atoms with van der Waals surface area (Å²) < 4.78 is 42.7. The number of alkyl carbamates (subject to hydrolysis) is 1. The Morgan fingerprint density at radius 3 is 2.15 bits per heavy atom. The molecule has 0 aromatic rings. The maximum atomic E-state index is 12.5. The first-order chi connectivity index (χ1) is 8.84. The first-order valence-corrected chi connectivity index (χ1v) is 6.63. The molecule has 0 atom stereocenters. The summed E-state index contributed by atoms with van der Waals surface area (Å²) in [6, 6.07) is -0.164. The standard InChI is InChI=1S/C13H20F3NO3/c1-10(2,3)20-9(18)17-8-4-11(5-8)6-12(19,7-11)13(14,15)16/h8,19H,4-7H2,1-3H3,(H,17,18). The summed E-state index contributed by atoms with van der Waals surface area (Å²) in [5, 5.41) is 12.1. The first kappa shape index (κ1) is 15.4. The maximum absolute atomic E-state index is 12.5. The van der Waals surface area contributed by atoms with Crippen molar-refractivity contribution in [3.63, 3.8) is 0 Å². The van der Waals surface area contributed by atoms with E-state index in [-0.39, 0.29) is 18.9 Å². The molecule has 0 aliphatic heterocycles. The van der Waals surface area contributed by atoms with Crippen molar-refractivity contribution < 1.29 is 27.8 Å². The molecule has 2 saturated carbocycles. The van der Waals surface area contributed by atoms with Gasteiger partial charge >= 0.3 is 12.3 Å². The number of halogens is 3. The lowest BCUT2D eigenvalue weighted by molar-refractivity contribution is -0.328. The Hall–Kier alpha value is -0.980. The van der Waals surface area contributed by atoms with Crippen LogP contribution >= 0.6 is 0 Å². The summed E-state index contributed by atoms with van der Waals surface area (Å²) in [4.78, 5) is 11.5. The highest BCUT2D eigenvalue weighted by molar-refractivity contribution is 5.68. The number of hydrogen-bond donors (Lipinski definition) is 2. The third-order valence-electron chi connectivity index (χ3n) is 3.94. The van der Waals surface area contributed by atoms with Crippen LogP contribution in [-0.2, 0) is 4.74 Å². The van der Waals surface area contributed by atoms with E-state index >= 15 is 0 Å². The Bertz CT molecular complexity index is 400. The number of amides is 1. The van der Waals surface area contributed by atoms with Gasteiger partial charge in [-0.15, -0.1) is 0 Å². The van der Waals surface area contributed by atoms with E-state index in [9.17, 15) is 23.1 Å². The zero-order chi connectivity index (χ0) is 15.4. The molecule has 0 aromatic heterocycles. The number of carbonyl (C=O) groups is 1. The van der Waals surface area contributed by atoms with Crippen molar-refractivity contribution in [2.45, 2.75) is 69.9 Å². The van der Waals surface area contributed by atoms with E-state index < -0.39 is 28.9 Å². The summed E-state index contributed by atoms with van der Waals surface area (Å²) in [6.07, 6.45) is -4.73. The van der Waals surface area contributed by atoms with Crippen LogP contribution < -0.4 is 5.32 Å². The summed E-state index contributed by atoms with van der Waals surface area (Å²) in [6.45, 7) is 5.22. The van der Waals surface area contributed by atoms with E-state index in [1.165, 1.54) is 0 Å². The number of rotatable bonds is 1. The zero-order valence-electron chi connectivity index (χ0n) is 11.8. The molecule has 0 unspecified atom stereocenters. The van der Waals surface area contributed by atoms with Crippen molar-refractivity contribution in [2.24, 2.45) is 5.41 Å². The van der Waals surface area contributed by atoms with Crippen molar-refractivity contribution in [1.29, 1.82) is 0 Å². The Morgan fingerprint density at radius 2 is 1.75 bits per heavy atom. The van der Waals surface area contributed by atoms with E-state index in [1.54, 1.807) is 20.8 Å².